The summed E-state index contributed by atoms with van der Waals surface area (Å²) in [6.45, 7) is 0. The van der Waals surface area contributed by atoms with E-state index in [1.54, 1.807) is 0 Å². The van der Waals surface area contributed by atoms with Gasteiger partial charge in [-0.15, -0.1) is 0 Å². The summed E-state index contributed by atoms with van der Waals surface area (Å²) in [4.78, 5) is 0. The van der Waals surface area contributed by atoms with Gasteiger partial charge in [0, 0.05) is 0 Å². The Balaban J connectivity index is 5.18. The summed E-state index contributed by atoms with van der Waals surface area (Å²) in [5.41, 5.74) is 0. The van der Waals surface area contributed by atoms with Crippen LogP contribution in [0.3, 0.4) is 0 Å². The number of rotatable bonds is 1. The van der Waals surface area contributed by atoms with Crippen LogP contribution in [-0.2, 0) is 18.0 Å². The first kappa shape index (κ1) is 7.86. The molecule has 0 atom stereocenters. The van der Waals surface area contributed by atoms with E-state index in [2.05, 4.69) is 0 Å². The molecule has 1 N–H and O–H groups in total. The molecule has 0 saturated carbocycles. The summed E-state index contributed by atoms with van der Waals surface area (Å²) in [6, 6.07) is 0. The van der Waals surface area contributed by atoms with E-state index in [1.807, 2.05) is 0 Å². The zero-order valence-electron chi connectivity index (χ0n) is 3.90. The van der Waals surface area contributed by atoms with Gasteiger partial charge in [-0.1, -0.05) is 0 Å². The first-order valence-electron chi connectivity index (χ1n) is 1.42. The average Bonchev–Trinajstić information content (AvgIpc) is 1.25. The highest BCUT2D eigenvalue weighted by atomic mass is 33.2. The van der Waals surface area contributed by atoms with Crippen LogP contribution in [0.5, 0.6) is 0 Å². The molecule has 0 aromatic heterocycles. The van der Waals surface area contributed by atoms with Crippen molar-refractivity contribution < 1.29 is 21.4 Å². The Morgan fingerprint density at radius 1 is 1.12 bits per heavy atom. The summed E-state index contributed by atoms with van der Waals surface area (Å²) in [7, 11) is -9.18. The Kier molecular flexibility index (Phi) is 1.65. The summed E-state index contributed by atoms with van der Waals surface area (Å²) in [6.07, 6.45) is 0.405. The normalized spacial score (nSPS) is 13.8. The van der Waals surface area contributed by atoms with Crippen molar-refractivity contribution in [1.82, 2.24) is 0 Å². The Morgan fingerprint density at radius 2 is 1.25 bits per heavy atom. The largest absolute Gasteiger partial charge is 0.372 e. The second-order valence-electron chi connectivity index (χ2n) is 1.13. The standard InChI is InChI=1S/CH4O5S2/c1-7(2,3)8(4,5)6/h1H3,(H,4,5,6). The molecule has 0 unspecified atom stereocenters. The molecule has 50 valence electrons. The van der Waals surface area contributed by atoms with Crippen LogP contribution in [0.1, 0.15) is 0 Å². The van der Waals surface area contributed by atoms with Crippen LogP contribution in [0, 0.1) is 0 Å². The summed E-state index contributed by atoms with van der Waals surface area (Å²) in [5.74, 6) is 0. The van der Waals surface area contributed by atoms with Crippen LogP contribution in [0.25, 0.3) is 0 Å². The molecule has 0 aliphatic rings. The molecule has 0 bridgehead atoms. The minimum Gasteiger partial charge on any atom is -0.274 e. The summed E-state index contributed by atoms with van der Waals surface area (Å²) < 4.78 is 46.6. The van der Waals surface area contributed by atoms with Gasteiger partial charge in [-0.05, 0) is 0 Å². The fourth-order valence-corrected chi connectivity index (χ4v) is 0. The third-order valence-electron chi connectivity index (χ3n) is 0.383. The molecule has 0 aromatic carbocycles. The first-order chi connectivity index (χ1) is 3.25. The fourth-order valence-electron chi connectivity index (χ4n) is 0. The molecule has 0 fully saturated rings. The van der Waals surface area contributed by atoms with Crippen molar-refractivity contribution >= 4 is 18.0 Å². The van der Waals surface area contributed by atoms with Crippen LogP contribution in [0.2, 0.25) is 0 Å². The second-order valence-corrected chi connectivity index (χ2v) is 6.48. The first-order valence-corrected chi connectivity index (χ1v) is 5.27. The zero-order chi connectivity index (χ0) is 7.00. The van der Waals surface area contributed by atoms with Gasteiger partial charge >= 0.3 is 9.15 Å². The third kappa shape index (κ3) is 1.76. The van der Waals surface area contributed by atoms with E-state index in [9.17, 15) is 16.8 Å². The van der Waals surface area contributed by atoms with Crippen molar-refractivity contribution in [2.24, 2.45) is 0 Å². The maximum atomic E-state index is 9.81. The van der Waals surface area contributed by atoms with Gasteiger partial charge in [-0.3, -0.25) is 4.55 Å². The lowest BCUT2D eigenvalue weighted by Gasteiger charge is -1.86. The highest BCUT2D eigenvalue weighted by Crippen LogP contribution is 1.91. The molecule has 0 radical (unpaired) electrons. The van der Waals surface area contributed by atoms with Crippen molar-refractivity contribution in [3.63, 3.8) is 0 Å². The van der Waals surface area contributed by atoms with Crippen LogP contribution in [-0.4, -0.2) is 27.6 Å². The smallest absolute Gasteiger partial charge is 0.274 e. The van der Waals surface area contributed by atoms with E-state index < -0.39 is 18.0 Å². The molecule has 0 aromatic rings. The molecule has 0 amide bonds. The van der Waals surface area contributed by atoms with Crippen molar-refractivity contribution in [1.29, 1.82) is 0 Å². The molecular weight excluding hydrogens is 156 g/mol. The Labute approximate surface area is 46.4 Å². The lowest BCUT2D eigenvalue weighted by atomic mass is 12.0. The Hall–Kier alpha value is -0.140. The molecular formula is CH4O5S2. The summed E-state index contributed by atoms with van der Waals surface area (Å²) in [5, 5.41) is 0. The van der Waals surface area contributed by atoms with Gasteiger partial charge in [0.05, 0.1) is 6.26 Å². The summed E-state index contributed by atoms with van der Waals surface area (Å²) >= 11 is 0. The predicted octanol–water partition coefficient (Wildman–Crippen LogP) is -1.17. The molecule has 0 heterocycles. The predicted molar refractivity (Wildman–Crippen MR) is 26.4 cm³/mol. The number of hydrogen-bond donors (Lipinski definition) is 1. The minimum atomic E-state index is -4.87. The van der Waals surface area contributed by atoms with Crippen LogP contribution in [0.4, 0.5) is 0 Å². The van der Waals surface area contributed by atoms with E-state index in [4.69, 9.17) is 4.55 Å². The molecule has 0 rings (SSSR count). The van der Waals surface area contributed by atoms with E-state index >= 15 is 0 Å². The van der Waals surface area contributed by atoms with Crippen molar-refractivity contribution in [3.8, 4) is 0 Å². The topological polar surface area (TPSA) is 88.5 Å². The monoisotopic (exact) mass is 160 g/mol. The van der Waals surface area contributed by atoms with Crippen molar-refractivity contribution in [2.45, 2.75) is 0 Å². The third-order valence-corrected chi connectivity index (χ3v) is 3.44. The highest BCUT2D eigenvalue weighted by Gasteiger charge is 2.19. The van der Waals surface area contributed by atoms with Gasteiger partial charge in [0.15, 0.2) is 0 Å². The maximum absolute atomic E-state index is 9.81. The van der Waals surface area contributed by atoms with Gasteiger partial charge in [-0.2, -0.15) is 8.42 Å². The van der Waals surface area contributed by atoms with Crippen LogP contribution >= 0.6 is 0 Å². The quantitative estimate of drug-likeness (QED) is 0.386. The van der Waals surface area contributed by atoms with Gasteiger partial charge in [0.25, 0.3) is 8.87 Å². The number of hydrogen-bond acceptors (Lipinski definition) is 4. The SMILES string of the molecule is CS(=O)(=O)S(=O)(=O)O. The van der Waals surface area contributed by atoms with Crippen LogP contribution in [0.15, 0.2) is 0 Å². The van der Waals surface area contributed by atoms with Gasteiger partial charge in [0.2, 0.25) is 0 Å². The van der Waals surface area contributed by atoms with Crippen molar-refractivity contribution in [2.75, 3.05) is 6.26 Å². The van der Waals surface area contributed by atoms with Gasteiger partial charge in [0.1, 0.15) is 0 Å². The van der Waals surface area contributed by atoms with Gasteiger partial charge < -0.3 is 0 Å². The Morgan fingerprint density at radius 3 is 1.25 bits per heavy atom. The molecule has 7 heteroatoms. The van der Waals surface area contributed by atoms with E-state index in [1.165, 1.54) is 0 Å². The molecule has 5 nitrogen and oxygen atoms in total. The maximum Gasteiger partial charge on any atom is 0.372 e. The zero-order valence-corrected chi connectivity index (χ0v) is 5.53. The molecule has 0 aliphatic heterocycles. The molecule has 8 heavy (non-hydrogen) atoms. The van der Waals surface area contributed by atoms with E-state index in [0.29, 0.717) is 6.26 Å². The lowest BCUT2D eigenvalue weighted by Crippen LogP contribution is -2.10. The van der Waals surface area contributed by atoms with Crippen molar-refractivity contribution in [3.05, 3.63) is 0 Å². The van der Waals surface area contributed by atoms with Crippen LogP contribution < -0.4 is 0 Å². The molecule has 0 saturated heterocycles. The highest BCUT2D eigenvalue weighted by molar-refractivity contribution is 8.64. The van der Waals surface area contributed by atoms with E-state index in [0.717, 1.165) is 0 Å². The Bertz CT molecular complexity index is 223. The molecule has 0 spiro atoms. The second kappa shape index (κ2) is 1.67. The lowest BCUT2D eigenvalue weighted by molar-refractivity contribution is 0.494. The minimum absolute atomic E-state index is 0.405. The van der Waals surface area contributed by atoms with E-state index in [-0.39, 0.29) is 0 Å². The average molecular weight is 160 g/mol. The molecule has 0 aliphatic carbocycles. The fraction of sp³-hybridized carbons (Fsp3) is 1.00. The van der Waals surface area contributed by atoms with Gasteiger partial charge in [-0.25, -0.2) is 8.42 Å².